The zero-order chi connectivity index (χ0) is 18.4. The molecule has 25 heavy (non-hydrogen) atoms. The number of rotatable bonds is 3. The molecule has 1 atom stereocenters. The van der Waals surface area contributed by atoms with Gasteiger partial charge in [0.05, 0.1) is 12.2 Å². The third-order valence-electron chi connectivity index (χ3n) is 3.75. The van der Waals surface area contributed by atoms with Gasteiger partial charge in [0.15, 0.2) is 11.3 Å². The number of hydrogen-bond donors (Lipinski definition) is 0. The monoisotopic (exact) mass is 380 g/mol. The molecular formula is C14H10ClF5N4O. The summed E-state index contributed by atoms with van der Waals surface area (Å²) in [5.74, 6) is -1.27. The van der Waals surface area contributed by atoms with E-state index >= 15 is 0 Å². The summed E-state index contributed by atoms with van der Waals surface area (Å²) < 4.78 is 65.4. The molecule has 134 valence electrons. The van der Waals surface area contributed by atoms with Crippen LogP contribution in [0.3, 0.4) is 0 Å². The minimum absolute atomic E-state index is 0.0482. The van der Waals surface area contributed by atoms with Crippen LogP contribution in [0, 0.1) is 5.92 Å². The minimum Gasteiger partial charge on any atom is -0.336 e. The maximum Gasteiger partial charge on any atom is 0.435 e. The number of hydrogen-bond acceptors (Lipinski definition) is 3. The molecular weight excluding hydrogens is 371 g/mol. The van der Waals surface area contributed by atoms with Crippen LogP contribution in [0.1, 0.15) is 17.8 Å². The van der Waals surface area contributed by atoms with Crippen molar-refractivity contribution in [3.8, 4) is 0 Å². The van der Waals surface area contributed by atoms with Crippen molar-refractivity contribution in [1.29, 1.82) is 0 Å². The molecule has 0 N–H and O–H groups in total. The number of nitrogens with zero attached hydrogens (tertiary/aromatic N) is 4. The second-order valence-electron chi connectivity index (χ2n) is 5.53. The van der Waals surface area contributed by atoms with Gasteiger partial charge in [0.2, 0.25) is 5.91 Å². The summed E-state index contributed by atoms with van der Waals surface area (Å²) in [6.07, 6.45) is -6.25. The molecule has 1 saturated heterocycles. The molecule has 11 heteroatoms. The van der Waals surface area contributed by atoms with Gasteiger partial charge >= 0.3 is 6.18 Å². The number of fused-ring (bicyclic) bond motifs is 1. The van der Waals surface area contributed by atoms with Gasteiger partial charge in [0, 0.05) is 18.9 Å². The normalized spacial score (nSPS) is 18.2. The lowest BCUT2D eigenvalue weighted by molar-refractivity contribution is -0.142. The summed E-state index contributed by atoms with van der Waals surface area (Å²) in [4.78, 5) is 16.5. The number of carbonyl (C=O) groups is 1. The fourth-order valence-corrected chi connectivity index (χ4v) is 2.89. The molecule has 0 radical (unpaired) electrons. The van der Waals surface area contributed by atoms with Gasteiger partial charge in [-0.15, -0.1) is 0 Å². The maximum absolute atomic E-state index is 13.3. The van der Waals surface area contributed by atoms with Crippen molar-refractivity contribution < 1.29 is 26.7 Å². The zero-order valence-corrected chi connectivity index (χ0v) is 13.2. The first kappa shape index (κ1) is 17.6. The minimum atomic E-state index is -4.76. The van der Waals surface area contributed by atoms with Crippen molar-refractivity contribution in [2.24, 2.45) is 5.92 Å². The number of aromatic nitrogens is 3. The molecule has 1 fully saturated rings. The van der Waals surface area contributed by atoms with Crippen molar-refractivity contribution in [2.45, 2.75) is 19.1 Å². The highest BCUT2D eigenvalue weighted by atomic mass is 35.5. The van der Waals surface area contributed by atoms with Crippen molar-refractivity contribution in [3.05, 3.63) is 40.8 Å². The highest BCUT2D eigenvalue weighted by Gasteiger charge is 2.40. The van der Waals surface area contributed by atoms with E-state index in [2.05, 4.69) is 10.1 Å². The fraction of sp³-hybridized carbons (Fsp3) is 0.357. The van der Waals surface area contributed by atoms with Gasteiger partial charge < -0.3 is 4.90 Å². The predicted molar refractivity (Wildman–Crippen MR) is 76.8 cm³/mol. The first-order valence-corrected chi connectivity index (χ1v) is 7.45. The van der Waals surface area contributed by atoms with E-state index in [9.17, 15) is 26.7 Å². The van der Waals surface area contributed by atoms with Gasteiger partial charge in [-0.2, -0.15) is 27.1 Å². The van der Waals surface area contributed by atoms with Crippen molar-refractivity contribution in [3.63, 3.8) is 0 Å². The summed E-state index contributed by atoms with van der Waals surface area (Å²) >= 11 is 5.73. The van der Waals surface area contributed by atoms with Crippen molar-refractivity contribution in [1.82, 2.24) is 19.5 Å². The predicted octanol–water partition coefficient (Wildman–Crippen LogP) is 3.53. The highest BCUT2D eigenvalue weighted by molar-refractivity contribution is 6.29. The molecule has 1 unspecified atom stereocenters. The molecule has 5 nitrogen and oxygen atoms in total. The van der Waals surface area contributed by atoms with E-state index in [4.69, 9.17) is 11.6 Å². The Balaban J connectivity index is 1.99. The number of likely N-dealkylation sites (tertiary alicyclic amines) is 1. The Morgan fingerprint density at radius 1 is 1.36 bits per heavy atom. The number of amides is 1. The van der Waals surface area contributed by atoms with Gasteiger partial charge in [-0.1, -0.05) is 11.6 Å². The quantitative estimate of drug-likeness (QED) is 0.765. The number of halogens is 6. The topological polar surface area (TPSA) is 50.5 Å². The lowest BCUT2D eigenvalue weighted by Crippen LogP contribution is -2.27. The molecule has 3 rings (SSSR count). The van der Waals surface area contributed by atoms with Gasteiger partial charge in [-0.25, -0.2) is 9.50 Å². The summed E-state index contributed by atoms with van der Waals surface area (Å²) in [6.45, 7) is -0.568. The molecule has 0 aromatic carbocycles. The largest absolute Gasteiger partial charge is 0.435 e. The Labute approximate surface area is 142 Å². The van der Waals surface area contributed by atoms with E-state index < -0.39 is 36.3 Å². The standard InChI is InChI=1S/C14H10ClF5N4O/c15-9-1-2-11-21-13(14(18,19)20)8(24(11)22-9)6-23-5-7(3-10(16)17)4-12(23)25/h1-3,7H,4-6H2. The molecule has 0 aliphatic carbocycles. The average molecular weight is 381 g/mol. The van der Waals surface area contributed by atoms with Crippen LogP contribution in [0.15, 0.2) is 24.3 Å². The Kier molecular flexibility index (Phi) is 4.40. The Morgan fingerprint density at radius 2 is 2.08 bits per heavy atom. The third kappa shape index (κ3) is 3.58. The maximum atomic E-state index is 13.3. The second-order valence-corrected chi connectivity index (χ2v) is 5.91. The summed E-state index contributed by atoms with van der Waals surface area (Å²) in [6, 6.07) is 2.56. The van der Waals surface area contributed by atoms with Crippen molar-refractivity contribution in [2.75, 3.05) is 6.54 Å². The number of carbonyl (C=O) groups excluding carboxylic acids is 1. The Bertz CT molecular complexity index is 859. The van der Waals surface area contributed by atoms with Gasteiger partial charge in [0.1, 0.15) is 5.15 Å². The number of alkyl halides is 3. The van der Waals surface area contributed by atoms with Crippen LogP contribution in [-0.4, -0.2) is 31.9 Å². The van der Waals surface area contributed by atoms with E-state index in [1.54, 1.807) is 0 Å². The molecule has 1 aliphatic rings. The highest BCUT2D eigenvalue weighted by Crippen LogP contribution is 2.33. The van der Waals surface area contributed by atoms with Crippen LogP contribution < -0.4 is 0 Å². The van der Waals surface area contributed by atoms with Crippen LogP contribution >= 0.6 is 11.6 Å². The third-order valence-corrected chi connectivity index (χ3v) is 3.95. The van der Waals surface area contributed by atoms with Crippen LogP contribution in [0.5, 0.6) is 0 Å². The first-order chi connectivity index (χ1) is 11.6. The van der Waals surface area contributed by atoms with Crippen molar-refractivity contribution >= 4 is 23.2 Å². The van der Waals surface area contributed by atoms with E-state index in [-0.39, 0.29) is 29.5 Å². The second kappa shape index (κ2) is 6.25. The zero-order valence-electron chi connectivity index (χ0n) is 12.4. The van der Waals surface area contributed by atoms with Gasteiger partial charge in [-0.05, 0) is 18.2 Å². The van der Waals surface area contributed by atoms with Gasteiger partial charge in [-0.3, -0.25) is 4.79 Å². The van der Waals surface area contributed by atoms with E-state index in [1.165, 1.54) is 12.1 Å². The smallest absolute Gasteiger partial charge is 0.336 e. The van der Waals surface area contributed by atoms with Crippen LogP contribution in [-0.2, 0) is 17.5 Å². The molecule has 3 heterocycles. The molecule has 0 bridgehead atoms. The van der Waals surface area contributed by atoms with Crippen LogP contribution in [0.2, 0.25) is 5.15 Å². The van der Waals surface area contributed by atoms with E-state index in [0.717, 1.165) is 9.42 Å². The SMILES string of the molecule is O=C1CC(C=C(F)F)CN1Cc1c(C(F)(F)F)nc2ccc(Cl)nn12. The lowest BCUT2D eigenvalue weighted by Gasteiger charge is -2.17. The first-order valence-electron chi connectivity index (χ1n) is 7.07. The van der Waals surface area contributed by atoms with Crippen LogP contribution in [0.25, 0.3) is 5.65 Å². The average Bonchev–Trinajstić information content (AvgIpc) is 3.00. The molecule has 2 aromatic rings. The lowest BCUT2D eigenvalue weighted by atomic mass is 10.1. The van der Waals surface area contributed by atoms with E-state index in [1.807, 2.05) is 0 Å². The van der Waals surface area contributed by atoms with Crippen LogP contribution in [0.4, 0.5) is 22.0 Å². The Morgan fingerprint density at radius 3 is 2.72 bits per heavy atom. The molecule has 1 amide bonds. The van der Waals surface area contributed by atoms with E-state index in [0.29, 0.717) is 6.08 Å². The molecule has 0 spiro atoms. The summed E-state index contributed by atoms with van der Waals surface area (Å²) in [5.41, 5.74) is -1.64. The summed E-state index contributed by atoms with van der Waals surface area (Å²) in [7, 11) is 0. The molecule has 0 saturated carbocycles. The molecule has 1 aliphatic heterocycles. The number of imidazole rings is 1. The van der Waals surface area contributed by atoms with Gasteiger partial charge in [0.25, 0.3) is 6.08 Å². The molecule has 2 aromatic heterocycles. The fourth-order valence-electron chi connectivity index (χ4n) is 2.75. The summed E-state index contributed by atoms with van der Waals surface area (Å²) in [5, 5.41) is 3.75. The Hall–Kier alpha value is -2.23.